The Labute approximate surface area is 273 Å². The van der Waals surface area contributed by atoms with Crippen LogP contribution in [0.15, 0.2) is 68.6 Å². The summed E-state index contributed by atoms with van der Waals surface area (Å²) in [5.74, 6) is -22.1. The molecule has 0 radical (unpaired) electrons. The molecule has 0 aliphatic heterocycles. The third-order valence-corrected chi connectivity index (χ3v) is 6.91. The minimum Gasteiger partial charge on any atom is -0.871 e. The van der Waals surface area contributed by atoms with Crippen molar-refractivity contribution in [3.05, 3.63) is 54.1 Å². The van der Waals surface area contributed by atoms with Gasteiger partial charge in [0.1, 0.15) is 15.0 Å². The van der Waals surface area contributed by atoms with Crippen molar-refractivity contribution in [1.29, 1.82) is 0 Å². The predicted octanol–water partition coefficient (Wildman–Crippen LogP) is -0.588. The van der Waals surface area contributed by atoms with Gasteiger partial charge in [-0.1, -0.05) is 30.0 Å². The second-order valence-electron chi connectivity index (χ2n) is 7.80. The van der Waals surface area contributed by atoms with Crippen molar-refractivity contribution in [2.24, 2.45) is 10.2 Å². The molecule has 3 aromatic carbocycles. The maximum absolute atomic E-state index is 14.5. The van der Waals surface area contributed by atoms with Crippen molar-refractivity contribution < 1.29 is 130 Å². The molecule has 0 aliphatic rings. The van der Waals surface area contributed by atoms with Crippen molar-refractivity contribution in [2.45, 2.75) is 33.7 Å². The molecular weight excluding hydrogens is 661 g/mol. The second-order valence-corrected chi connectivity index (χ2v) is 10.6. The number of hydrogen-bond acceptors (Lipinski definition) is 8. The Morgan fingerprint density at radius 1 is 0.762 bits per heavy atom. The predicted molar refractivity (Wildman–Crippen MR) is 112 cm³/mol. The number of fused-ring (bicyclic) bond motifs is 1. The summed E-state index contributed by atoms with van der Waals surface area (Å²) < 4.78 is 188. The van der Waals surface area contributed by atoms with Crippen LogP contribution in [0.3, 0.4) is 0 Å². The van der Waals surface area contributed by atoms with E-state index in [2.05, 4.69) is 10.2 Å². The maximum atomic E-state index is 14.5. The molecule has 0 bridgehead atoms. The van der Waals surface area contributed by atoms with Gasteiger partial charge in [0, 0.05) is 0 Å². The van der Waals surface area contributed by atoms with Gasteiger partial charge in [0.05, 0.1) is 21.8 Å². The third-order valence-electron chi connectivity index (χ3n) is 5.21. The number of halogens is 9. The van der Waals surface area contributed by atoms with Crippen LogP contribution in [-0.4, -0.2) is 44.0 Å². The van der Waals surface area contributed by atoms with E-state index in [9.17, 15) is 70.6 Å². The van der Waals surface area contributed by atoms with Gasteiger partial charge in [0.15, 0.2) is 0 Å². The molecule has 0 amide bonds. The average molecular weight is 670 g/mol. The number of alkyl halides is 9. The van der Waals surface area contributed by atoms with Crippen LogP contribution in [0.25, 0.3) is 10.8 Å². The Hall–Kier alpha value is -1.49. The van der Waals surface area contributed by atoms with Crippen molar-refractivity contribution >= 4 is 42.4 Å². The topological polar surface area (TPSA) is 159 Å². The van der Waals surface area contributed by atoms with Crippen molar-refractivity contribution in [1.82, 2.24) is 0 Å². The second kappa shape index (κ2) is 12.5. The first-order valence-corrected chi connectivity index (χ1v) is 12.7. The Balaban J connectivity index is 0.00000441. The summed E-state index contributed by atoms with van der Waals surface area (Å²) in [7, 11) is -10.6. The molecule has 3 aromatic rings. The molecule has 218 valence electrons. The van der Waals surface area contributed by atoms with Crippen LogP contribution in [-0.2, 0) is 26.2 Å². The van der Waals surface area contributed by atoms with Crippen LogP contribution in [0, 0.1) is 0 Å². The number of azo groups is 1. The first-order valence-electron chi connectivity index (χ1n) is 9.87. The Morgan fingerprint density at radius 2 is 1.31 bits per heavy atom. The van der Waals surface area contributed by atoms with Gasteiger partial charge in [-0.25, -0.2) is 8.42 Å². The van der Waals surface area contributed by atoms with E-state index in [-0.39, 0.29) is 65.2 Å². The van der Waals surface area contributed by atoms with Crippen LogP contribution < -0.4 is 64.2 Å². The zero-order chi connectivity index (χ0) is 30.7. The first kappa shape index (κ1) is 38.5. The van der Waals surface area contributed by atoms with Crippen molar-refractivity contribution in [2.75, 3.05) is 0 Å². The van der Waals surface area contributed by atoms with E-state index in [4.69, 9.17) is 0 Å². The normalized spacial score (nSPS) is 13.6. The van der Waals surface area contributed by atoms with Gasteiger partial charge >= 0.3 is 83.1 Å². The molecule has 42 heavy (non-hydrogen) atoms. The summed E-state index contributed by atoms with van der Waals surface area (Å²) in [4.78, 5) is -2.39. The van der Waals surface area contributed by atoms with E-state index in [0.29, 0.717) is 36.4 Å². The molecule has 0 saturated heterocycles. The first-order chi connectivity index (χ1) is 17.9. The largest absolute Gasteiger partial charge is 1.00 e. The summed E-state index contributed by atoms with van der Waals surface area (Å²) in [5, 5.41) is 17.7. The molecule has 0 unspecified atom stereocenters. The molecule has 0 aliphatic carbocycles. The van der Waals surface area contributed by atoms with Gasteiger partial charge in [-0.2, -0.15) is 53.0 Å². The van der Waals surface area contributed by atoms with Gasteiger partial charge in [0.2, 0.25) is 0 Å². The van der Waals surface area contributed by atoms with Crippen LogP contribution in [0.2, 0.25) is 0 Å². The van der Waals surface area contributed by atoms with Crippen molar-refractivity contribution in [3.63, 3.8) is 0 Å². The van der Waals surface area contributed by atoms with E-state index in [1.54, 1.807) is 0 Å². The fourth-order valence-corrected chi connectivity index (χ4v) is 4.40. The molecule has 0 fully saturated rings. The number of rotatable bonds is 7. The molecule has 0 spiro atoms. The fourth-order valence-electron chi connectivity index (χ4n) is 3.24. The van der Waals surface area contributed by atoms with Gasteiger partial charge in [0.25, 0.3) is 10.1 Å². The number of benzene rings is 3. The van der Waals surface area contributed by atoms with Gasteiger partial charge < -0.3 is 9.66 Å². The quantitative estimate of drug-likeness (QED) is 0.152. The zero-order valence-electron chi connectivity index (χ0n) is 20.6. The molecular formula is C20H9F9N2Na2O7S2. The minimum atomic E-state index is -7.25. The van der Waals surface area contributed by atoms with Crippen molar-refractivity contribution in [3.8, 4) is 5.75 Å². The van der Waals surface area contributed by atoms with E-state index in [1.165, 1.54) is 0 Å². The Morgan fingerprint density at radius 3 is 1.81 bits per heavy atom. The van der Waals surface area contributed by atoms with E-state index in [0.717, 1.165) is 6.07 Å². The Kier molecular flexibility index (Phi) is 11.5. The molecule has 1 N–H and O–H groups in total. The van der Waals surface area contributed by atoms with E-state index in [1.807, 2.05) is 0 Å². The average Bonchev–Trinajstić information content (AvgIpc) is 2.81. The fraction of sp³-hybridized carbons (Fsp3) is 0.200. The van der Waals surface area contributed by atoms with E-state index >= 15 is 0 Å². The molecule has 0 heterocycles. The maximum Gasteiger partial charge on any atom is 1.00 e. The molecule has 3 rings (SSSR count). The summed E-state index contributed by atoms with van der Waals surface area (Å²) in [6.07, 6.45) is -7.12. The molecule has 22 heteroatoms. The summed E-state index contributed by atoms with van der Waals surface area (Å²) >= 11 is 0. The monoisotopic (exact) mass is 670 g/mol. The standard InChI is InChI=1S/C20H11F9N2O7S2.2Na/c21-17(22,18(23,24)19(25,26)20(27,28)29)12-3-1-2-4-13(12)30-31-15-14(40(36,37)38)8-9-7-10(39(33,34)35)5-6-11(9)16(15)32;;/h1-8,32H,(H,33,34,35)(H,36,37,38);;/q;2*+1/p-2. The summed E-state index contributed by atoms with van der Waals surface area (Å²) in [6.45, 7) is 0. The molecule has 0 saturated carbocycles. The smallest absolute Gasteiger partial charge is 0.871 e. The summed E-state index contributed by atoms with van der Waals surface area (Å²) in [6, 6.07) is 3.91. The molecule has 9 nitrogen and oxygen atoms in total. The SMILES string of the molecule is O=S(=O)([O-])c1ccc2c([O-])c(N=Nc3ccccc3C(F)(F)C(F)(F)C(F)(F)C(F)(F)F)c(S(=O)(=O)O)cc2c1.[Na+].[Na+]. The van der Waals surface area contributed by atoms with Crippen LogP contribution in [0.4, 0.5) is 50.9 Å². The van der Waals surface area contributed by atoms with Gasteiger partial charge in [-0.15, -0.1) is 5.11 Å². The molecule has 0 atom stereocenters. The van der Waals surface area contributed by atoms with Crippen LogP contribution >= 0.6 is 0 Å². The number of hydrogen-bond donors (Lipinski definition) is 1. The van der Waals surface area contributed by atoms with Crippen LogP contribution in [0.5, 0.6) is 5.75 Å². The number of nitrogens with zero attached hydrogens (tertiary/aromatic N) is 2. The van der Waals surface area contributed by atoms with E-state index < -0.39 is 87.4 Å². The van der Waals surface area contributed by atoms with Gasteiger partial charge in [-0.05, 0) is 35.0 Å². The third kappa shape index (κ3) is 6.92. The zero-order valence-corrected chi connectivity index (χ0v) is 26.3. The molecule has 0 aromatic heterocycles. The van der Waals surface area contributed by atoms with Crippen LogP contribution in [0.1, 0.15) is 5.56 Å². The minimum absolute atomic E-state index is 0. The Bertz CT molecular complexity index is 1750. The summed E-state index contributed by atoms with van der Waals surface area (Å²) in [5.41, 5.74) is -5.14. The van der Waals surface area contributed by atoms with Gasteiger partial charge in [-0.3, -0.25) is 4.55 Å².